The predicted molar refractivity (Wildman–Crippen MR) is 50.7 cm³/mol. The highest BCUT2D eigenvalue weighted by molar-refractivity contribution is 5.24. The van der Waals surface area contributed by atoms with Gasteiger partial charge in [0.05, 0.1) is 6.20 Å². The van der Waals surface area contributed by atoms with Crippen molar-refractivity contribution < 1.29 is 0 Å². The van der Waals surface area contributed by atoms with Crippen LogP contribution in [-0.4, -0.2) is 9.97 Å². The number of nitriles is 1. The van der Waals surface area contributed by atoms with Crippen LogP contribution >= 0.6 is 0 Å². The molecule has 0 amide bonds. The molecule has 72 valence electrons. The van der Waals surface area contributed by atoms with Crippen molar-refractivity contribution in [3.05, 3.63) is 27.9 Å². The highest BCUT2D eigenvalue weighted by Gasteiger charge is 2.48. The summed E-state index contributed by atoms with van der Waals surface area (Å²) < 4.78 is 0. The van der Waals surface area contributed by atoms with Gasteiger partial charge < -0.3 is 4.98 Å². The van der Waals surface area contributed by atoms with Crippen LogP contribution < -0.4 is 5.56 Å². The lowest BCUT2D eigenvalue weighted by atomic mass is 10.1. The van der Waals surface area contributed by atoms with Crippen LogP contribution in [0.4, 0.5) is 0 Å². The molecule has 1 saturated carbocycles. The van der Waals surface area contributed by atoms with Crippen LogP contribution in [0.1, 0.15) is 37.6 Å². The zero-order valence-corrected chi connectivity index (χ0v) is 8.16. The topological polar surface area (TPSA) is 69.5 Å². The van der Waals surface area contributed by atoms with Gasteiger partial charge in [-0.3, -0.25) is 4.79 Å². The molecule has 1 heterocycles. The van der Waals surface area contributed by atoms with Crippen LogP contribution in [0.3, 0.4) is 0 Å². The third kappa shape index (κ3) is 1.31. The van der Waals surface area contributed by atoms with Crippen LogP contribution in [0.2, 0.25) is 0 Å². The summed E-state index contributed by atoms with van der Waals surface area (Å²) in [5.74, 6) is 1.04. The Kier molecular flexibility index (Phi) is 1.71. The van der Waals surface area contributed by atoms with E-state index in [1.165, 1.54) is 6.20 Å². The molecule has 1 aliphatic rings. The Balaban J connectivity index is 2.37. The molecule has 1 fully saturated rings. The van der Waals surface area contributed by atoms with Gasteiger partial charge in [0.2, 0.25) is 0 Å². The molecule has 4 heteroatoms. The fraction of sp³-hybridized carbons (Fsp3) is 0.500. The first kappa shape index (κ1) is 8.95. The molecule has 1 aromatic heterocycles. The number of nitrogens with one attached hydrogen (secondary N) is 1. The van der Waals surface area contributed by atoms with Crippen LogP contribution in [0.15, 0.2) is 11.0 Å². The van der Waals surface area contributed by atoms with Gasteiger partial charge in [-0.2, -0.15) is 5.26 Å². The van der Waals surface area contributed by atoms with E-state index in [1.807, 2.05) is 0 Å². The molecular formula is C10H11N3O. The third-order valence-electron chi connectivity index (χ3n) is 2.78. The molecule has 2 rings (SSSR count). The van der Waals surface area contributed by atoms with Gasteiger partial charge in [0.1, 0.15) is 17.5 Å². The smallest absolute Gasteiger partial charge is 0.268 e. The van der Waals surface area contributed by atoms with E-state index in [4.69, 9.17) is 5.26 Å². The maximum atomic E-state index is 11.3. The molecule has 1 N–H and O–H groups in total. The van der Waals surface area contributed by atoms with Gasteiger partial charge in [-0.15, -0.1) is 0 Å². The van der Waals surface area contributed by atoms with Gasteiger partial charge in [0.25, 0.3) is 5.56 Å². The maximum Gasteiger partial charge on any atom is 0.268 e. The van der Waals surface area contributed by atoms with Crippen molar-refractivity contribution in [2.75, 3.05) is 0 Å². The molecule has 1 aromatic rings. The summed E-state index contributed by atoms with van der Waals surface area (Å²) >= 11 is 0. The van der Waals surface area contributed by atoms with E-state index in [0.717, 1.165) is 6.42 Å². The summed E-state index contributed by atoms with van der Waals surface area (Å²) in [4.78, 5) is 18.0. The highest BCUT2D eigenvalue weighted by atomic mass is 16.1. The molecule has 0 radical (unpaired) electrons. The van der Waals surface area contributed by atoms with Gasteiger partial charge >= 0.3 is 0 Å². The van der Waals surface area contributed by atoms with E-state index in [9.17, 15) is 4.79 Å². The van der Waals surface area contributed by atoms with Gasteiger partial charge in [-0.05, 0) is 11.8 Å². The van der Waals surface area contributed by atoms with Crippen LogP contribution in [-0.2, 0) is 0 Å². The van der Waals surface area contributed by atoms with Crippen molar-refractivity contribution in [3.63, 3.8) is 0 Å². The lowest BCUT2D eigenvalue weighted by Crippen LogP contribution is -2.14. The Hall–Kier alpha value is -1.63. The van der Waals surface area contributed by atoms with Crippen molar-refractivity contribution in [2.24, 2.45) is 5.41 Å². The van der Waals surface area contributed by atoms with E-state index in [1.54, 1.807) is 6.07 Å². The SMILES string of the molecule is CC1(C)CC1c1ncc(C#N)c(=O)[nH]1. The number of aromatic amines is 1. The van der Waals surface area contributed by atoms with E-state index in [2.05, 4.69) is 23.8 Å². The van der Waals surface area contributed by atoms with Crippen LogP contribution in [0, 0.1) is 16.7 Å². The fourth-order valence-corrected chi connectivity index (χ4v) is 1.60. The summed E-state index contributed by atoms with van der Waals surface area (Å²) in [6.45, 7) is 4.27. The normalized spacial score (nSPS) is 22.8. The van der Waals surface area contributed by atoms with Gasteiger partial charge in [-0.25, -0.2) is 4.98 Å². The monoisotopic (exact) mass is 189 g/mol. The van der Waals surface area contributed by atoms with Crippen molar-refractivity contribution in [2.45, 2.75) is 26.2 Å². The number of hydrogen-bond acceptors (Lipinski definition) is 3. The molecule has 14 heavy (non-hydrogen) atoms. The standard InChI is InChI=1S/C10H11N3O/c1-10(2)3-7(10)8-12-5-6(4-11)9(14)13-8/h5,7H,3H2,1-2H3,(H,12,13,14). The molecule has 1 aliphatic carbocycles. The summed E-state index contributed by atoms with van der Waals surface area (Å²) in [7, 11) is 0. The maximum absolute atomic E-state index is 11.3. The third-order valence-corrected chi connectivity index (χ3v) is 2.78. The Morgan fingerprint density at radius 1 is 1.71 bits per heavy atom. The first-order valence-electron chi connectivity index (χ1n) is 4.54. The minimum atomic E-state index is -0.333. The Labute approximate surface area is 81.6 Å². The highest BCUT2D eigenvalue weighted by Crippen LogP contribution is 2.57. The van der Waals surface area contributed by atoms with E-state index in [0.29, 0.717) is 11.7 Å². The molecule has 0 aliphatic heterocycles. The summed E-state index contributed by atoms with van der Waals surface area (Å²) in [5.41, 5.74) is -0.0169. The van der Waals surface area contributed by atoms with Crippen LogP contribution in [0.25, 0.3) is 0 Å². The minimum Gasteiger partial charge on any atom is -0.309 e. The number of aromatic nitrogens is 2. The number of rotatable bonds is 1. The Bertz CT molecular complexity index is 467. The second kappa shape index (κ2) is 2.68. The number of nitrogens with zero attached hydrogens (tertiary/aromatic N) is 2. The molecule has 0 saturated heterocycles. The first-order chi connectivity index (χ1) is 6.54. The van der Waals surface area contributed by atoms with Crippen molar-refractivity contribution >= 4 is 0 Å². The molecule has 0 bridgehead atoms. The number of hydrogen-bond donors (Lipinski definition) is 1. The van der Waals surface area contributed by atoms with Crippen molar-refractivity contribution in [3.8, 4) is 6.07 Å². The van der Waals surface area contributed by atoms with Gasteiger partial charge in [0.15, 0.2) is 0 Å². The lowest BCUT2D eigenvalue weighted by molar-refractivity contribution is 0.607. The van der Waals surface area contributed by atoms with E-state index in [-0.39, 0.29) is 16.5 Å². The zero-order valence-electron chi connectivity index (χ0n) is 8.16. The average molecular weight is 189 g/mol. The molecular weight excluding hydrogens is 178 g/mol. The summed E-state index contributed by atoms with van der Waals surface area (Å²) in [6.07, 6.45) is 2.39. The Morgan fingerprint density at radius 3 is 2.79 bits per heavy atom. The average Bonchev–Trinajstić information content (AvgIpc) is 2.75. The predicted octanol–water partition coefficient (Wildman–Crippen LogP) is 1.16. The quantitative estimate of drug-likeness (QED) is 0.720. The van der Waals surface area contributed by atoms with E-state index < -0.39 is 0 Å². The molecule has 1 unspecified atom stereocenters. The molecule has 0 aromatic carbocycles. The molecule has 1 atom stereocenters. The molecule has 4 nitrogen and oxygen atoms in total. The zero-order chi connectivity index (χ0) is 10.3. The van der Waals surface area contributed by atoms with E-state index >= 15 is 0 Å². The second-order valence-corrected chi connectivity index (χ2v) is 4.37. The first-order valence-corrected chi connectivity index (χ1v) is 4.54. The minimum absolute atomic E-state index is 0.0761. The van der Waals surface area contributed by atoms with Gasteiger partial charge in [0, 0.05) is 5.92 Å². The lowest BCUT2D eigenvalue weighted by Gasteiger charge is -2.01. The summed E-state index contributed by atoms with van der Waals surface area (Å²) in [5, 5.41) is 8.56. The Morgan fingerprint density at radius 2 is 2.36 bits per heavy atom. The van der Waals surface area contributed by atoms with Crippen molar-refractivity contribution in [1.29, 1.82) is 5.26 Å². The second-order valence-electron chi connectivity index (χ2n) is 4.37. The number of H-pyrrole nitrogens is 1. The van der Waals surface area contributed by atoms with Crippen LogP contribution in [0.5, 0.6) is 0 Å². The van der Waals surface area contributed by atoms with Gasteiger partial charge in [-0.1, -0.05) is 13.8 Å². The van der Waals surface area contributed by atoms with Crippen molar-refractivity contribution in [1.82, 2.24) is 9.97 Å². The molecule has 0 spiro atoms. The largest absolute Gasteiger partial charge is 0.309 e. The fourth-order valence-electron chi connectivity index (χ4n) is 1.60. The summed E-state index contributed by atoms with van der Waals surface area (Å²) in [6, 6.07) is 1.80.